The molecule has 0 aromatic heterocycles. The molecule has 0 radical (unpaired) electrons. The maximum absolute atomic E-state index is 12.7. The third kappa shape index (κ3) is 4.07. The van der Waals surface area contributed by atoms with E-state index in [4.69, 9.17) is 22.7 Å². The molecule has 3 nitrogen and oxygen atoms in total. The Morgan fingerprint density at radius 3 is 2.65 bits per heavy atom. The van der Waals surface area contributed by atoms with E-state index in [0.717, 1.165) is 12.8 Å². The van der Waals surface area contributed by atoms with E-state index in [0.29, 0.717) is 28.6 Å². The monoisotopic (exact) mass is 294 g/mol. The summed E-state index contributed by atoms with van der Waals surface area (Å²) in [7, 11) is 0. The fourth-order valence-corrected chi connectivity index (χ4v) is 2.34. The van der Waals surface area contributed by atoms with Crippen molar-refractivity contribution >= 4 is 29.3 Å². The lowest BCUT2D eigenvalue weighted by Gasteiger charge is -2.27. The van der Waals surface area contributed by atoms with Crippen molar-refractivity contribution in [2.75, 3.05) is 5.73 Å². The molecule has 0 aliphatic heterocycles. The van der Waals surface area contributed by atoms with Crippen LogP contribution in [0.1, 0.15) is 50.4 Å². The number of carbonyl (C=O) groups excluding carboxylic acids is 1. The lowest BCUT2D eigenvalue weighted by molar-refractivity contribution is 0.0804. The number of rotatable bonds is 7. The Kier molecular flexibility index (Phi) is 5.75. The second kappa shape index (κ2) is 6.89. The zero-order chi connectivity index (χ0) is 15.3. The minimum absolute atomic E-state index is 0.0311. The summed E-state index contributed by atoms with van der Waals surface area (Å²) in [6.45, 7) is 6.19. The van der Waals surface area contributed by atoms with Gasteiger partial charge in [-0.3, -0.25) is 4.79 Å². The number of halogens is 1. The molecule has 0 amide bonds. The smallest absolute Gasteiger partial charge is 0.169 e. The zero-order valence-electron chi connectivity index (χ0n) is 12.4. The molecular formula is C16H23ClN2O. The molecule has 0 aliphatic carbocycles. The third-order valence-electron chi connectivity index (χ3n) is 3.64. The Morgan fingerprint density at radius 2 is 2.15 bits per heavy atom. The zero-order valence-corrected chi connectivity index (χ0v) is 13.1. The Bertz CT molecular complexity index is 499. The number of ketones is 1. The Hall–Kier alpha value is -1.35. The first-order valence-electron chi connectivity index (χ1n) is 6.89. The highest BCUT2D eigenvalue weighted by molar-refractivity contribution is 6.33. The molecule has 0 saturated carbocycles. The van der Waals surface area contributed by atoms with Gasteiger partial charge < -0.3 is 11.1 Å². The first kappa shape index (κ1) is 16.7. The number of Topliss-reactive ketones (excluding diaryl/α,β-unsaturated/α-hetero) is 1. The van der Waals surface area contributed by atoms with Crippen LogP contribution in [0.4, 0.5) is 5.69 Å². The molecule has 3 N–H and O–H groups in total. The van der Waals surface area contributed by atoms with Crippen LogP contribution >= 0.6 is 11.6 Å². The molecule has 0 aliphatic rings. The molecule has 0 fully saturated rings. The van der Waals surface area contributed by atoms with Gasteiger partial charge in [-0.15, -0.1) is 0 Å². The summed E-state index contributed by atoms with van der Waals surface area (Å²) in [5.41, 5.74) is 6.16. The molecule has 0 unspecified atom stereocenters. The van der Waals surface area contributed by atoms with Gasteiger partial charge in [0.15, 0.2) is 5.78 Å². The van der Waals surface area contributed by atoms with Crippen molar-refractivity contribution in [3.63, 3.8) is 0 Å². The molecule has 20 heavy (non-hydrogen) atoms. The summed E-state index contributed by atoms with van der Waals surface area (Å²) in [6.07, 6.45) is 3.48. The SMILES string of the molecule is CC(C)CC[C@@](C)(CC=N)C(=O)c1ccc(N)c(Cl)c1. The van der Waals surface area contributed by atoms with Gasteiger partial charge in [0.1, 0.15) is 0 Å². The van der Waals surface area contributed by atoms with Crippen LogP contribution in [0.2, 0.25) is 5.02 Å². The summed E-state index contributed by atoms with van der Waals surface area (Å²) in [4.78, 5) is 12.7. The van der Waals surface area contributed by atoms with E-state index in [1.807, 2.05) is 6.92 Å². The molecule has 0 spiro atoms. The number of nitrogens with two attached hydrogens (primary N) is 1. The Morgan fingerprint density at radius 1 is 1.50 bits per heavy atom. The number of hydrogen-bond donors (Lipinski definition) is 2. The van der Waals surface area contributed by atoms with Crippen LogP contribution in [0.3, 0.4) is 0 Å². The number of carbonyl (C=O) groups is 1. The van der Waals surface area contributed by atoms with E-state index in [2.05, 4.69) is 13.8 Å². The van der Waals surface area contributed by atoms with Crippen molar-refractivity contribution in [2.24, 2.45) is 11.3 Å². The van der Waals surface area contributed by atoms with Crippen molar-refractivity contribution in [1.29, 1.82) is 5.41 Å². The van der Waals surface area contributed by atoms with Crippen molar-refractivity contribution in [2.45, 2.75) is 40.0 Å². The topological polar surface area (TPSA) is 66.9 Å². The van der Waals surface area contributed by atoms with Gasteiger partial charge >= 0.3 is 0 Å². The number of nitrogen functional groups attached to an aromatic ring is 1. The standard InChI is InChI=1S/C16H23ClN2O/c1-11(2)6-7-16(3,8-9-18)15(20)12-4-5-14(19)13(17)10-12/h4-5,9-11,18H,6-8,19H2,1-3H3/t16-/m0/s1. The van der Waals surface area contributed by atoms with Gasteiger partial charge in [-0.05, 0) is 43.2 Å². The molecule has 0 saturated heterocycles. The molecule has 0 bridgehead atoms. The van der Waals surface area contributed by atoms with Gasteiger partial charge in [0.25, 0.3) is 0 Å². The van der Waals surface area contributed by atoms with E-state index in [1.54, 1.807) is 18.2 Å². The minimum Gasteiger partial charge on any atom is -0.398 e. The van der Waals surface area contributed by atoms with Crippen LogP contribution in [0, 0.1) is 16.7 Å². The van der Waals surface area contributed by atoms with E-state index in [9.17, 15) is 4.79 Å². The lowest BCUT2D eigenvalue weighted by atomic mass is 9.75. The van der Waals surface area contributed by atoms with Gasteiger partial charge in [-0.2, -0.15) is 0 Å². The van der Waals surface area contributed by atoms with Crippen molar-refractivity contribution in [3.05, 3.63) is 28.8 Å². The molecule has 1 rings (SSSR count). The second-order valence-corrected chi connectivity index (χ2v) is 6.37. The summed E-state index contributed by atoms with van der Waals surface area (Å²) in [5, 5.41) is 7.75. The van der Waals surface area contributed by atoms with E-state index in [1.165, 1.54) is 6.21 Å². The van der Waals surface area contributed by atoms with Crippen LogP contribution in [0.5, 0.6) is 0 Å². The molecule has 110 valence electrons. The van der Waals surface area contributed by atoms with Crippen LogP contribution < -0.4 is 5.73 Å². The Labute approximate surface area is 126 Å². The highest BCUT2D eigenvalue weighted by atomic mass is 35.5. The summed E-state index contributed by atoms with van der Waals surface area (Å²) in [6, 6.07) is 4.99. The first-order valence-corrected chi connectivity index (χ1v) is 7.26. The van der Waals surface area contributed by atoms with Crippen LogP contribution in [-0.4, -0.2) is 12.0 Å². The lowest BCUT2D eigenvalue weighted by Crippen LogP contribution is -2.29. The largest absolute Gasteiger partial charge is 0.398 e. The molecular weight excluding hydrogens is 272 g/mol. The van der Waals surface area contributed by atoms with E-state index in [-0.39, 0.29) is 5.78 Å². The number of nitrogens with one attached hydrogen (secondary N) is 1. The molecule has 1 aromatic carbocycles. The third-order valence-corrected chi connectivity index (χ3v) is 3.96. The Balaban J connectivity index is 3.03. The maximum Gasteiger partial charge on any atom is 0.169 e. The van der Waals surface area contributed by atoms with Crippen molar-refractivity contribution in [1.82, 2.24) is 0 Å². The molecule has 1 aromatic rings. The van der Waals surface area contributed by atoms with E-state index < -0.39 is 5.41 Å². The van der Waals surface area contributed by atoms with Gasteiger partial charge in [-0.1, -0.05) is 38.8 Å². The molecule has 1 atom stereocenters. The van der Waals surface area contributed by atoms with Crippen LogP contribution in [-0.2, 0) is 0 Å². The number of anilines is 1. The summed E-state index contributed by atoms with van der Waals surface area (Å²) < 4.78 is 0. The quantitative estimate of drug-likeness (QED) is 0.439. The average molecular weight is 295 g/mol. The van der Waals surface area contributed by atoms with Crippen LogP contribution in [0.25, 0.3) is 0 Å². The van der Waals surface area contributed by atoms with Gasteiger partial charge in [-0.25, -0.2) is 0 Å². The highest BCUT2D eigenvalue weighted by Gasteiger charge is 2.33. The fraction of sp³-hybridized carbons (Fsp3) is 0.500. The highest BCUT2D eigenvalue weighted by Crippen LogP contribution is 2.34. The number of hydrogen-bond acceptors (Lipinski definition) is 3. The first-order chi connectivity index (χ1) is 9.30. The van der Waals surface area contributed by atoms with Gasteiger partial charge in [0.05, 0.1) is 10.7 Å². The van der Waals surface area contributed by atoms with Crippen molar-refractivity contribution < 1.29 is 4.79 Å². The average Bonchev–Trinajstić information content (AvgIpc) is 2.39. The normalized spacial score (nSPS) is 14.1. The van der Waals surface area contributed by atoms with Crippen molar-refractivity contribution in [3.8, 4) is 0 Å². The molecule has 4 heteroatoms. The predicted octanol–water partition coefficient (Wildman–Crippen LogP) is 4.59. The minimum atomic E-state index is -0.550. The van der Waals surface area contributed by atoms with E-state index >= 15 is 0 Å². The maximum atomic E-state index is 12.7. The summed E-state index contributed by atoms with van der Waals surface area (Å²) >= 11 is 5.99. The fourth-order valence-electron chi connectivity index (χ4n) is 2.16. The van der Waals surface area contributed by atoms with Gasteiger partial charge in [0, 0.05) is 11.0 Å². The second-order valence-electron chi connectivity index (χ2n) is 5.97. The number of benzene rings is 1. The molecule has 0 heterocycles. The van der Waals surface area contributed by atoms with Crippen LogP contribution in [0.15, 0.2) is 18.2 Å². The summed E-state index contributed by atoms with van der Waals surface area (Å²) in [5.74, 6) is 0.561. The van der Waals surface area contributed by atoms with Gasteiger partial charge in [0.2, 0.25) is 0 Å². The predicted molar refractivity (Wildman–Crippen MR) is 85.8 cm³/mol.